The van der Waals surface area contributed by atoms with E-state index in [4.69, 9.17) is 0 Å². The summed E-state index contributed by atoms with van der Waals surface area (Å²) in [6, 6.07) is 0. The molecule has 50 valence electrons. The number of allylic oxidation sites excluding steroid dienone is 2. The number of carbonyl (C=O) groups is 1. The molecule has 0 N–H and O–H groups in total. The zero-order chi connectivity index (χ0) is 7.28. The van der Waals surface area contributed by atoms with Crippen molar-refractivity contribution in [2.75, 3.05) is 7.05 Å². The van der Waals surface area contributed by atoms with Crippen molar-refractivity contribution in [2.45, 2.75) is 13.8 Å². The number of aldehydes is 1. The summed E-state index contributed by atoms with van der Waals surface area (Å²) in [5.41, 5.74) is 1.66. The molecule has 0 aliphatic carbocycles. The summed E-state index contributed by atoms with van der Waals surface area (Å²) < 4.78 is 0. The predicted octanol–water partition coefficient (Wildman–Crippen LogP) is 1.22. The Bertz CT molecular complexity index is 152. The lowest BCUT2D eigenvalue weighted by Gasteiger charge is -1.89. The van der Waals surface area contributed by atoms with Crippen LogP contribution in [-0.2, 0) is 4.79 Å². The second-order valence-electron chi connectivity index (χ2n) is 1.96. The number of hydrogen-bond acceptors (Lipinski definition) is 2. The summed E-state index contributed by atoms with van der Waals surface area (Å²) >= 11 is 0. The quantitative estimate of drug-likeness (QED) is 0.310. The molecule has 0 saturated carbocycles. The lowest BCUT2D eigenvalue weighted by molar-refractivity contribution is -0.104. The van der Waals surface area contributed by atoms with Gasteiger partial charge in [-0.05, 0) is 13.8 Å². The third-order valence-electron chi connectivity index (χ3n) is 0.973. The number of hydrogen-bond donors (Lipinski definition) is 0. The maximum Gasteiger partial charge on any atom is 0.151 e. The molecule has 0 atom stereocenters. The van der Waals surface area contributed by atoms with E-state index in [0.717, 1.165) is 11.9 Å². The first-order chi connectivity index (χ1) is 4.22. The van der Waals surface area contributed by atoms with Crippen LogP contribution in [0, 0.1) is 0 Å². The standard InChI is InChI=1S/C7H11NO/c1-6(2)7(5-9)4-8-3/h4-5H,1-3H3. The van der Waals surface area contributed by atoms with Gasteiger partial charge < -0.3 is 0 Å². The first kappa shape index (κ1) is 8.08. The minimum absolute atomic E-state index is 0.664. The second kappa shape index (κ2) is 4.01. The molecule has 2 nitrogen and oxygen atoms in total. The molecule has 0 aliphatic rings. The number of rotatable bonds is 2. The summed E-state index contributed by atoms with van der Waals surface area (Å²) in [6.45, 7) is 3.76. The minimum atomic E-state index is 0.664. The van der Waals surface area contributed by atoms with Crippen LogP contribution in [0.5, 0.6) is 0 Å². The molecule has 2 heteroatoms. The molecule has 0 rings (SSSR count). The molecular formula is C7H11NO. The van der Waals surface area contributed by atoms with Crippen LogP contribution in [0.1, 0.15) is 13.8 Å². The Morgan fingerprint density at radius 3 is 2.11 bits per heavy atom. The molecular weight excluding hydrogens is 114 g/mol. The van der Waals surface area contributed by atoms with Gasteiger partial charge in [0.1, 0.15) is 0 Å². The van der Waals surface area contributed by atoms with Gasteiger partial charge in [-0.15, -0.1) is 0 Å². The number of nitrogens with zero attached hydrogens (tertiary/aromatic N) is 1. The fourth-order valence-electron chi connectivity index (χ4n) is 0.416. The largest absolute Gasteiger partial charge is 0.298 e. The van der Waals surface area contributed by atoms with E-state index in [2.05, 4.69) is 4.99 Å². The van der Waals surface area contributed by atoms with Crippen LogP contribution >= 0.6 is 0 Å². The average Bonchev–Trinajstić information content (AvgIpc) is 1.82. The topological polar surface area (TPSA) is 29.4 Å². The van der Waals surface area contributed by atoms with Crippen LogP contribution in [0.15, 0.2) is 16.1 Å². The Labute approximate surface area is 55.3 Å². The molecule has 0 spiro atoms. The Morgan fingerprint density at radius 2 is 2.00 bits per heavy atom. The molecule has 0 radical (unpaired) electrons. The van der Waals surface area contributed by atoms with Gasteiger partial charge in [-0.1, -0.05) is 5.57 Å². The summed E-state index contributed by atoms with van der Waals surface area (Å²) in [7, 11) is 1.65. The van der Waals surface area contributed by atoms with Crippen molar-refractivity contribution >= 4 is 12.5 Å². The Morgan fingerprint density at radius 1 is 1.44 bits per heavy atom. The lowest BCUT2D eigenvalue weighted by atomic mass is 10.2. The van der Waals surface area contributed by atoms with Crippen molar-refractivity contribution in [1.29, 1.82) is 0 Å². The molecule has 0 bridgehead atoms. The van der Waals surface area contributed by atoms with E-state index in [1.54, 1.807) is 13.3 Å². The van der Waals surface area contributed by atoms with Gasteiger partial charge in [-0.3, -0.25) is 9.79 Å². The van der Waals surface area contributed by atoms with E-state index < -0.39 is 0 Å². The normalized spacial score (nSPS) is 9.67. The highest BCUT2D eigenvalue weighted by Gasteiger charge is 1.89. The van der Waals surface area contributed by atoms with E-state index in [0.29, 0.717) is 5.57 Å². The van der Waals surface area contributed by atoms with Crippen molar-refractivity contribution in [3.63, 3.8) is 0 Å². The summed E-state index contributed by atoms with van der Waals surface area (Å²) in [5.74, 6) is 0. The minimum Gasteiger partial charge on any atom is -0.298 e. The van der Waals surface area contributed by atoms with Gasteiger partial charge in [0.05, 0.1) is 0 Å². The highest BCUT2D eigenvalue weighted by atomic mass is 16.1. The van der Waals surface area contributed by atoms with Gasteiger partial charge in [-0.2, -0.15) is 0 Å². The van der Waals surface area contributed by atoms with Crippen LogP contribution in [0.25, 0.3) is 0 Å². The third-order valence-corrected chi connectivity index (χ3v) is 0.973. The molecule has 0 saturated heterocycles. The summed E-state index contributed by atoms with van der Waals surface area (Å²) in [4.78, 5) is 13.9. The average molecular weight is 125 g/mol. The highest BCUT2D eigenvalue weighted by molar-refractivity contribution is 6.02. The maximum absolute atomic E-state index is 10.2. The monoisotopic (exact) mass is 125 g/mol. The SMILES string of the molecule is CN=CC(C=O)=C(C)C. The van der Waals surface area contributed by atoms with E-state index in [-0.39, 0.29) is 0 Å². The van der Waals surface area contributed by atoms with Crippen LogP contribution in [0.3, 0.4) is 0 Å². The Hall–Kier alpha value is -0.920. The molecule has 0 aromatic carbocycles. The van der Waals surface area contributed by atoms with Crippen LogP contribution in [0.4, 0.5) is 0 Å². The van der Waals surface area contributed by atoms with Gasteiger partial charge in [0.2, 0.25) is 0 Å². The van der Waals surface area contributed by atoms with Crippen molar-refractivity contribution in [2.24, 2.45) is 4.99 Å². The van der Waals surface area contributed by atoms with Crippen molar-refractivity contribution < 1.29 is 4.79 Å². The van der Waals surface area contributed by atoms with Crippen LogP contribution in [0.2, 0.25) is 0 Å². The molecule has 0 fully saturated rings. The van der Waals surface area contributed by atoms with Crippen molar-refractivity contribution in [1.82, 2.24) is 0 Å². The van der Waals surface area contributed by atoms with Gasteiger partial charge in [0.25, 0.3) is 0 Å². The molecule has 0 aliphatic heterocycles. The second-order valence-corrected chi connectivity index (χ2v) is 1.96. The molecule has 0 unspecified atom stereocenters. The maximum atomic E-state index is 10.2. The molecule has 9 heavy (non-hydrogen) atoms. The van der Waals surface area contributed by atoms with E-state index in [9.17, 15) is 4.79 Å². The van der Waals surface area contributed by atoms with Crippen LogP contribution in [-0.4, -0.2) is 19.5 Å². The third kappa shape index (κ3) is 2.80. The smallest absolute Gasteiger partial charge is 0.151 e. The van der Waals surface area contributed by atoms with E-state index >= 15 is 0 Å². The predicted molar refractivity (Wildman–Crippen MR) is 38.9 cm³/mol. The number of aliphatic imine (C=N–C) groups is 1. The van der Waals surface area contributed by atoms with Crippen molar-refractivity contribution in [3.8, 4) is 0 Å². The van der Waals surface area contributed by atoms with Gasteiger partial charge in [-0.25, -0.2) is 0 Å². The van der Waals surface area contributed by atoms with E-state index in [1.807, 2.05) is 13.8 Å². The first-order valence-electron chi connectivity index (χ1n) is 2.77. The summed E-state index contributed by atoms with van der Waals surface area (Å²) in [6.07, 6.45) is 2.37. The lowest BCUT2D eigenvalue weighted by Crippen LogP contribution is -1.88. The zero-order valence-corrected chi connectivity index (χ0v) is 6.01. The number of carbonyl (C=O) groups excluding carboxylic acids is 1. The molecule has 0 aromatic heterocycles. The Kier molecular flexibility index (Phi) is 3.60. The van der Waals surface area contributed by atoms with Gasteiger partial charge in [0, 0.05) is 18.8 Å². The highest BCUT2D eigenvalue weighted by Crippen LogP contribution is 1.95. The van der Waals surface area contributed by atoms with Crippen LogP contribution < -0.4 is 0 Å². The first-order valence-corrected chi connectivity index (χ1v) is 2.77. The fraction of sp³-hybridized carbons (Fsp3) is 0.429. The Balaban J connectivity index is 4.34. The zero-order valence-electron chi connectivity index (χ0n) is 6.01. The molecule has 0 aromatic rings. The summed E-state index contributed by atoms with van der Waals surface area (Å²) in [5, 5.41) is 0. The van der Waals surface area contributed by atoms with Gasteiger partial charge >= 0.3 is 0 Å². The fourth-order valence-corrected chi connectivity index (χ4v) is 0.416. The van der Waals surface area contributed by atoms with Crippen molar-refractivity contribution in [3.05, 3.63) is 11.1 Å². The van der Waals surface area contributed by atoms with E-state index in [1.165, 1.54) is 0 Å². The molecule has 0 amide bonds. The molecule has 0 heterocycles. The van der Waals surface area contributed by atoms with Gasteiger partial charge in [0.15, 0.2) is 6.29 Å².